The van der Waals surface area contributed by atoms with E-state index in [1.165, 1.54) is 5.01 Å². The number of carbonyl (C=O) groups is 9. The minimum atomic E-state index is -1.02. The lowest BCUT2D eigenvalue weighted by molar-refractivity contribution is -0.128. The summed E-state index contributed by atoms with van der Waals surface area (Å²) in [6.07, 6.45) is 5.64. The lowest BCUT2D eigenvalue weighted by Crippen LogP contribution is -2.53. The minimum absolute atomic E-state index is 0.0758. The average Bonchev–Trinajstić information content (AvgIpc) is 0.826. The Bertz CT molecular complexity index is 5130. The van der Waals surface area contributed by atoms with Crippen LogP contribution < -0.4 is 32.2 Å². The first-order valence-electron chi connectivity index (χ1n) is 47.0. The Morgan fingerprint density at radius 2 is 0.609 bits per heavy atom. The van der Waals surface area contributed by atoms with E-state index in [0.717, 1.165) is 79.2 Å². The topological polar surface area (TPSA) is 306 Å². The second kappa shape index (κ2) is 60.5. The maximum absolute atomic E-state index is 13.8. The fourth-order valence-corrected chi connectivity index (χ4v) is 15.2. The van der Waals surface area contributed by atoms with E-state index >= 15 is 0 Å². The number of nitrogens with one attached hydrogen (secondary N) is 6. The van der Waals surface area contributed by atoms with E-state index in [1.807, 2.05) is 214 Å². The molecule has 6 unspecified atom stereocenters. The van der Waals surface area contributed by atoms with Gasteiger partial charge in [0.2, 0.25) is 17.7 Å². The zero-order chi connectivity index (χ0) is 97.0. The van der Waals surface area contributed by atoms with Crippen LogP contribution in [0.3, 0.4) is 0 Å². The molecule has 0 saturated heterocycles. The number of likely N-dealkylation sites (N-methyl/N-ethyl adjacent to an activating group) is 2. The smallest absolute Gasteiger partial charge is 0.253 e. The Kier molecular flexibility index (Phi) is 49.6. The largest absolute Gasteiger partial charge is 0.390 e. The van der Waals surface area contributed by atoms with Crippen LogP contribution >= 0.6 is 0 Å². The van der Waals surface area contributed by atoms with Crippen LogP contribution in [-0.4, -0.2) is 214 Å². The lowest BCUT2D eigenvalue weighted by atomic mass is 9.99. The molecule has 0 radical (unpaired) electrons. The first-order chi connectivity index (χ1) is 64.1. The van der Waals surface area contributed by atoms with Gasteiger partial charge in [0.1, 0.15) is 0 Å². The summed E-state index contributed by atoms with van der Waals surface area (Å²) in [4.78, 5) is 125. The summed E-state index contributed by atoms with van der Waals surface area (Å²) in [5.74, 6) is 15.6. The highest BCUT2D eigenvalue weighted by Crippen LogP contribution is 2.22. The van der Waals surface area contributed by atoms with Crippen LogP contribution in [0.4, 0.5) is 0 Å². The fraction of sp³-hybridized carbons (Fsp3) is 0.422. The lowest BCUT2D eigenvalue weighted by Gasteiger charge is -2.30. The highest BCUT2D eigenvalue weighted by atomic mass is 16.3. The molecule has 8 aromatic rings. The van der Waals surface area contributed by atoms with Crippen molar-refractivity contribution < 1.29 is 58.5 Å². The summed E-state index contributed by atoms with van der Waals surface area (Å²) < 4.78 is 0. The summed E-state index contributed by atoms with van der Waals surface area (Å²) >= 11 is 0. The van der Waals surface area contributed by atoms with Crippen LogP contribution in [0.5, 0.6) is 0 Å². The summed E-state index contributed by atoms with van der Waals surface area (Å²) in [7, 11) is 1.68. The molecule has 24 heteroatoms. The second-order valence-corrected chi connectivity index (χ2v) is 33.7. The standard InChI is InChI=1S/C37H46N4O4.C36H44N4O4.C36H52N4O4/c1-5-15-30-22-31(26-32(23-30)37(45)40(20-6-2)21-7-3)36(44)38-33(24-28-16-11-9-12-17-28)34(42)27-41(8-4)39-35(43)25-29-18-13-10-14-19-29;1-5-14-29-21-30(25-31(22-29)36(44)40(19-6-2)20-7-3)35(43)37-32(23-27-15-10-8-11-16-27)33(41)26-39(4)38-34(42)24-28-17-12-9-13-18-28;1-7-11-20-40(38-34(42)21-27(5)6)26-33(41)32(24-28-16-13-12-14-17-28)37-35(43)30-22-29(15-8-2)23-31(25-30)36(44)39(18-9-3)19-10-4/h9-14,16-19,22-23,26,33-34,42H,6-8,20-21,24-25,27H2,1-4H3,(H,38,44)(H,39,43);8-13,15-18,21-22,25,32-33,41H,6-7,19-20,23-24,26H2,1-4H3,(H,37,43)(H,38,42);12-14,16-17,22-23,25,27,32-33,41H,7,9-11,18-21,24,26H2,1-6H3,(H,37,43)(H,38,42). The van der Waals surface area contributed by atoms with Gasteiger partial charge in [0.15, 0.2) is 0 Å². The molecule has 0 saturated carbocycles. The van der Waals surface area contributed by atoms with Gasteiger partial charge in [0, 0.05) is 136 Å². The number of carbonyl (C=O) groups excluding carboxylic acids is 9. The second-order valence-electron chi connectivity index (χ2n) is 33.7. The number of benzene rings is 8. The number of aliphatic hydroxyl groups excluding tert-OH is 3. The van der Waals surface area contributed by atoms with Crippen LogP contribution in [0.25, 0.3) is 0 Å². The normalized spacial score (nSPS) is 12.1. The molecule has 0 fully saturated rings. The fourth-order valence-electron chi connectivity index (χ4n) is 15.2. The maximum Gasteiger partial charge on any atom is 0.253 e. The first-order valence-corrected chi connectivity index (χ1v) is 47.0. The molecule has 0 aliphatic carbocycles. The van der Waals surface area contributed by atoms with Gasteiger partial charge in [-0.1, -0.05) is 245 Å². The number of unbranched alkanes of at least 4 members (excludes halogenated alkanes) is 1. The zero-order valence-corrected chi connectivity index (χ0v) is 80.5. The van der Waals surface area contributed by atoms with Crippen LogP contribution in [-0.2, 0) is 46.5 Å². The third-order valence-corrected chi connectivity index (χ3v) is 21.5. The number of hydrazine groups is 3. The van der Waals surface area contributed by atoms with Crippen molar-refractivity contribution >= 4 is 53.2 Å². The number of nitrogens with zero attached hydrogens (tertiary/aromatic N) is 6. The Hall–Kier alpha value is -12.6. The predicted octanol–water partition coefficient (Wildman–Crippen LogP) is 14.0. The summed E-state index contributed by atoms with van der Waals surface area (Å²) in [6, 6.07) is 60.7. The molecule has 9 N–H and O–H groups in total. The van der Waals surface area contributed by atoms with Gasteiger partial charge in [-0.15, -0.1) is 17.8 Å². The van der Waals surface area contributed by atoms with E-state index < -0.39 is 54.2 Å². The van der Waals surface area contributed by atoms with Crippen molar-refractivity contribution in [3.63, 3.8) is 0 Å². The van der Waals surface area contributed by atoms with Gasteiger partial charge in [-0.3, -0.25) is 59.4 Å². The van der Waals surface area contributed by atoms with Gasteiger partial charge in [-0.05, 0) is 173 Å². The van der Waals surface area contributed by atoms with Crippen molar-refractivity contribution in [2.75, 3.05) is 79.0 Å². The van der Waals surface area contributed by atoms with E-state index in [9.17, 15) is 58.5 Å². The minimum Gasteiger partial charge on any atom is -0.390 e. The molecular formula is C109H142N12O12. The summed E-state index contributed by atoms with van der Waals surface area (Å²) in [5.41, 5.74) is 17.1. The summed E-state index contributed by atoms with van der Waals surface area (Å²) in [5, 5.41) is 48.3. The molecule has 24 nitrogen and oxygen atoms in total. The third-order valence-electron chi connectivity index (χ3n) is 21.5. The number of aliphatic hydroxyl groups is 3. The molecule has 0 spiro atoms. The van der Waals surface area contributed by atoms with Crippen LogP contribution in [0.2, 0.25) is 0 Å². The average molecular weight is 1810 g/mol. The molecule has 8 aromatic carbocycles. The number of amides is 9. The molecule has 6 atom stereocenters. The van der Waals surface area contributed by atoms with Crippen LogP contribution in [0, 0.1) is 41.4 Å². The van der Waals surface area contributed by atoms with Crippen molar-refractivity contribution in [3.05, 3.63) is 284 Å². The van der Waals surface area contributed by atoms with Crippen molar-refractivity contribution in [1.29, 1.82) is 0 Å². The number of hydrogen-bond donors (Lipinski definition) is 9. The monoisotopic (exact) mass is 1810 g/mol. The molecule has 133 heavy (non-hydrogen) atoms. The molecule has 0 aliphatic heterocycles. The zero-order valence-electron chi connectivity index (χ0n) is 80.5. The van der Waals surface area contributed by atoms with Gasteiger partial charge in [0.25, 0.3) is 35.4 Å². The predicted molar refractivity (Wildman–Crippen MR) is 529 cm³/mol. The van der Waals surface area contributed by atoms with Gasteiger partial charge in [-0.2, -0.15) is 0 Å². The molecule has 0 aliphatic rings. The Morgan fingerprint density at radius 3 is 0.895 bits per heavy atom. The quantitative estimate of drug-likeness (QED) is 0.0126. The van der Waals surface area contributed by atoms with E-state index in [4.69, 9.17) is 0 Å². The van der Waals surface area contributed by atoms with E-state index in [0.29, 0.717) is 123 Å². The number of rotatable bonds is 49. The van der Waals surface area contributed by atoms with Gasteiger partial charge in [-0.25, -0.2) is 15.0 Å². The Labute approximate surface area is 790 Å². The van der Waals surface area contributed by atoms with Crippen molar-refractivity contribution in [2.24, 2.45) is 5.92 Å². The van der Waals surface area contributed by atoms with E-state index in [1.54, 1.807) is 107 Å². The molecule has 0 bridgehead atoms. The Morgan fingerprint density at radius 1 is 0.331 bits per heavy atom. The highest BCUT2D eigenvalue weighted by molar-refractivity contribution is 6.03. The van der Waals surface area contributed by atoms with Crippen molar-refractivity contribution in [3.8, 4) is 35.5 Å². The van der Waals surface area contributed by atoms with Gasteiger partial charge < -0.3 is 46.0 Å². The first kappa shape index (κ1) is 109. The molecule has 0 heterocycles. The molecule has 0 aromatic heterocycles. The molecule has 710 valence electrons. The van der Waals surface area contributed by atoms with Crippen LogP contribution in [0.1, 0.15) is 254 Å². The van der Waals surface area contributed by atoms with Crippen molar-refractivity contribution in [2.45, 2.75) is 216 Å². The molecular weight excluding hydrogens is 1670 g/mol. The highest BCUT2D eigenvalue weighted by Gasteiger charge is 2.31. The van der Waals surface area contributed by atoms with E-state index in [2.05, 4.69) is 74.7 Å². The maximum atomic E-state index is 13.8. The van der Waals surface area contributed by atoms with E-state index in [-0.39, 0.29) is 79.4 Å². The molecule has 9 amide bonds. The molecule has 8 rings (SSSR count). The SMILES string of the molecule is CC#Cc1cc(C(=O)NC(Cc2ccccc2)C(O)CN(C)NC(=O)Cc2ccccc2)cc(C(=O)N(CCC)CCC)c1.CC#Cc1cc(C(=O)NC(Cc2ccccc2)C(O)CN(CC)NC(=O)Cc2ccccc2)cc(C(=O)N(CCC)CCC)c1.CC#Cc1cc(C(=O)NC(Cc2ccccc2)C(O)CN(CCCC)NC(=O)CC(C)C)cc(C(=O)N(CCC)CCC)c1. The van der Waals surface area contributed by atoms with Gasteiger partial charge >= 0.3 is 0 Å². The third kappa shape index (κ3) is 39.4. The summed E-state index contributed by atoms with van der Waals surface area (Å²) in [6.45, 7) is 30.4. The van der Waals surface area contributed by atoms with Gasteiger partial charge in [0.05, 0.1) is 49.3 Å². The number of hydrogen-bond acceptors (Lipinski definition) is 15. The Balaban J connectivity index is 0.000000307. The van der Waals surface area contributed by atoms with Crippen molar-refractivity contribution in [1.82, 2.24) is 62.0 Å². The van der Waals surface area contributed by atoms with Crippen LogP contribution in [0.15, 0.2) is 206 Å².